The lowest BCUT2D eigenvalue weighted by Crippen LogP contribution is -2.38. The lowest BCUT2D eigenvalue weighted by Gasteiger charge is -2.29. The second-order valence-corrected chi connectivity index (χ2v) is 5.48. The van der Waals surface area contributed by atoms with E-state index in [2.05, 4.69) is 26.9 Å². The summed E-state index contributed by atoms with van der Waals surface area (Å²) >= 11 is 0. The Bertz CT molecular complexity index is 584. The predicted octanol–water partition coefficient (Wildman–Crippen LogP) is 0.655. The van der Waals surface area contributed by atoms with Crippen molar-refractivity contribution in [3.63, 3.8) is 0 Å². The van der Waals surface area contributed by atoms with E-state index < -0.39 is 6.10 Å². The molecule has 0 amide bonds. The van der Waals surface area contributed by atoms with E-state index in [0.717, 1.165) is 37.4 Å². The van der Waals surface area contributed by atoms with E-state index in [1.165, 1.54) is 5.56 Å². The van der Waals surface area contributed by atoms with Crippen LogP contribution < -0.4 is 0 Å². The standard InChI is InChI=1S/C15H21N5O/c1-2-15-16-8-12-4-7-19(11-14(12)18-15)9-13(21)10-20-6-3-5-17-20/h3,5-6,8,13,21H,2,4,7,9-11H2,1H3/t13-/m1/s1. The third-order valence-corrected chi connectivity index (χ3v) is 3.82. The van der Waals surface area contributed by atoms with E-state index in [-0.39, 0.29) is 0 Å². The molecule has 3 rings (SSSR count). The van der Waals surface area contributed by atoms with Crippen LogP contribution in [-0.2, 0) is 25.9 Å². The third kappa shape index (κ3) is 3.46. The summed E-state index contributed by atoms with van der Waals surface area (Å²) in [6, 6.07) is 1.87. The summed E-state index contributed by atoms with van der Waals surface area (Å²) in [5, 5.41) is 14.3. The fraction of sp³-hybridized carbons (Fsp3) is 0.533. The van der Waals surface area contributed by atoms with Crippen molar-refractivity contribution in [2.24, 2.45) is 0 Å². The highest BCUT2D eigenvalue weighted by atomic mass is 16.3. The Morgan fingerprint density at radius 1 is 1.38 bits per heavy atom. The van der Waals surface area contributed by atoms with Gasteiger partial charge in [-0.3, -0.25) is 9.58 Å². The number of aliphatic hydroxyl groups is 1. The van der Waals surface area contributed by atoms with E-state index >= 15 is 0 Å². The van der Waals surface area contributed by atoms with Crippen molar-refractivity contribution in [2.75, 3.05) is 13.1 Å². The zero-order valence-electron chi connectivity index (χ0n) is 12.3. The van der Waals surface area contributed by atoms with Crippen molar-refractivity contribution in [3.8, 4) is 0 Å². The Morgan fingerprint density at radius 3 is 3.05 bits per heavy atom. The highest BCUT2D eigenvalue weighted by Gasteiger charge is 2.20. The first-order valence-corrected chi connectivity index (χ1v) is 7.46. The quantitative estimate of drug-likeness (QED) is 0.875. The van der Waals surface area contributed by atoms with Crippen molar-refractivity contribution in [1.82, 2.24) is 24.6 Å². The van der Waals surface area contributed by atoms with Crippen LogP contribution in [0.5, 0.6) is 0 Å². The number of aryl methyl sites for hydroxylation is 1. The topological polar surface area (TPSA) is 67.1 Å². The van der Waals surface area contributed by atoms with E-state index in [9.17, 15) is 5.11 Å². The summed E-state index contributed by atoms with van der Waals surface area (Å²) < 4.78 is 1.76. The number of hydrogen-bond donors (Lipinski definition) is 1. The van der Waals surface area contributed by atoms with Crippen molar-refractivity contribution >= 4 is 0 Å². The summed E-state index contributed by atoms with van der Waals surface area (Å²) in [6.07, 6.45) is 6.95. The van der Waals surface area contributed by atoms with Gasteiger partial charge in [-0.2, -0.15) is 5.10 Å². The molecule has 3 heterocycles. The molecule has 21 heavy (non-hydrogen) atoms. The molecule has 0 aliphatic carbocycles. The lowest BCUT2D eigenvalue weighted by atomic mass is 10.1. The van der Waals surface area contributed by atoms with Gasteiger partial charge in [0.05, 0.1) is 18.3 Å². The molecule has 0 bridgehead atoms. The molecule has 0 unspecified atom stereocenters. The molecule has 1 N–H and O–H groups in total. The maximum Gasteiger partial charge on any atom is 0.128 e. The number of β-amino-alcohol motifs (C(OH)–C–C–N with tert-alkyl or cyclic N) is 1. The summed E-state index contributed by atoms with van der Waals surface area (Å²) in [5.41, 5.74) is 2.35. The van der Waals surface area contributed by atoms with E-state index in [1.54, 1.807) is 10.9 Å². The van der Waals surface area contributed by atoms with Gasteiger partial charge in [-0.05, 0) is 18.1 Å². The Morgan fingerprint density at radius 2 is 2.29 bits per heavy atom. The molecule has 112 valence electrons. The van der Waals surface area contributed by atoms with Crippen LogP contribution in [0.25, 0.3) is 0 Å². The molecule has 6 heteroatoms. The third-order valence-electron chi connectivity index (χ3n) is 3.82. The molecule has 0 spiro atoms. The minimum Gasteiger partial charge on any atom is -0.390 e. The van der Waals surface area contributed by atoms with Crippen LogP contribution in [0.3, 0.4) is 0 Å². The van der Waals surface area contributed by atoms with Crippen LogP contribution in [0, 0.1) is 0 Å². The Kier molecular flexibility index (Phi) is 4.26. The van der Waals surface area contributed by atoms with E-state index in [1.807, 2.05) is 18.5 Å². The molecule has 6 nitrogen and oxygen atoms in total. The van der Waals surface area contributed by atoms with Gasteiger partial charge in [-0.1, -0.05) is 6.92 Å². The molecular weight excluding hydrogens is 266 g/mol. The minimum atomic E-state index is -0.418. The van der Waals surface area contributed by atoms with Gasteiger partial charge in [0, 0.05) is 44.6 Å². The molecule has 1 aliphatic rings. The lowest BCUT2D eigenvalue weighted by molar-refractivity contribution is 0.0880. The predicted molar refractivity (Wildman–Crippen MR) is 78.6 cm³/mol. The molecule has 0 saturated heterocycles. The van der Waals surface area contributed by atoms with Gasteiger partial charge in [0.1, 0.15) is 5.82 Å². The van der Waals surface area contributed by atoms with E-state index in [0.29, 0.717) is 13.1 Å². The largest absolute Gasteiger partial charge is 0.390 e. The van der Waals surface area contributed by atoms with Gasteiger partial charge in [0.2, 0.25) is 0 Å². The zero-order valence-corrected chi connectivity index (χ0v) is 12.3. The number of aromatic nitrogens is 4. The average Bonchev–Trinajstić information content (AvgIpc) is 2.99. The SMILES string of the molecule is CCc1ncc2c(n1)CN(C[C@@H](O)Cn1cccn1)CC2. The molecule has 2 aromatic rings. The Labute approximate surface area is 124 Å². The fourth-order valence-electron chi connectivity index (χ4n) is 2.70. The van der Waals surface area contributed by atoms with Crippen LogP contribution in [0.1, 0.15) is 24.0 Å². The van der Waals surface area contributed by atoms with Crippen molar-refractivity contribution in [1.29, 1.82) is 0 Å². The molecule has 1 aliphatic heterocycles. The molecule has 0 fully saturated rings. The molecule has 0 aromatic carbocycles. The molecule has 2 aromatic heterocycles. The minimum absolute atomic E-state index is 0.418. The van der Waals surface area contributed by atoms with Crippen LogP contribution in [-0.4, -0.2) is 48.9 Å². The first-order chi connectivity index (χ1) is 10.2. The molecule has 0 saturated carbocycles. The number of nitrogens with zero attached hydrogens (tertiary/aromatic N) is 5. The smallest absolute Gasteiger partial charge is 0.128 e. The Hall–Kier alpha value is -1.79. The van der Waals surface area contributed by atoms with Crippen LogP contribution >= 0.6 is 0 Å². The van der Waals surface area contributed by atoms with Crippen LogP contribution in [0.2, 0.25) is 0 Å². The van der Waals surface area contributed by atoms with Gasteiger partial charge < -0.3 is 5.11 Å². The highest BCUT2D eigenvalue weighted by molar-refractivity contribution is 5.20. The number of fused-ring (bicyclic) bond motifs is 1. The van der Waals surface area contributed by atoms with Crippen molar-refractivity contribution in [3.05, 3.63) is 41.7 Å². The summed E-state index contributed by atoms with van der Waals surface area (Å²) in [6.45, 7) is 4.97. The molecular formula is C15H21N5O. The summed E-state index contributed by atoms with van der Waals surface area (Å²) in [4.78, 5) is 11.2. The normalized spacial score (nSPS) is 16.7. The van der Waals surface area contributed by atoms with Gasteiger partial charge in [-0.15, -0.1) is 0 Å². The zero-order chi connectivity index (χ0) is 14.7. The molecule has 1 atom stereocenters. The summed E-state index contributed by atoms with van der Waals surface area (Å²) in [5.74, 6) is 0.896. The second kappa shape index (κ2) is 6.32. The monoisotopic (exact) mass is 287 g/mol. The number of aliphatic hydroxyl groups excluding tert-OH is 1. The van der Waals surface area contributed by atoms with Crippen molar-refractivity contribution < 1.29 is 5.11 Å². The highest BCUT2D eigenvalue weighted by Crippen LogP contribution is 2.16. The second-order valence-electron chi connectivity index (χ2n) is 5.48. The van der Waals surface area contributed by atoms with Crippen molar-refractivity contribution in [2.45, 2.75) is 39.0 Å². The van der Waals surface area contributed by atoms with Crippen LogP contribution in [0.4, 0.5) is 0 Å². The number of hydrogen-bond acceptors (Lipinski definition) is 5. The van der Waals surface area contributed by atoms with Gasteiger partial charge in [0.15, 0.2) is 0 Å². The average molecular weight is 287 g/mol. The van der Waals surface area contributed by atoms with Crippen LogP contribution in [0.15, 0.2) is 24.7 Å². The van der Waals surface area contributed by atoms with E-state index in [4.69, 9.17) is 0 Å². The Balaban J connectivity index is 1.60. The van der Waals surface area contributed by atoms with Gasteiger partial charge >= 0.3 is 0 Å². The summed E-state index contributed by atoms with van der Waals surface area (Å²) in [7, 11) is 0. The first-order valence-electron chi connectivity index (χ1n) is 7.46. The van der Waals surface area contributed by atoms with Gasteiger partial charge in [0.25, 0.3) is 0 Å². The maximum absolute atomic E-state index is 10.2. The maximum atomic E-state index is 10.2. The molecule has 0 radical (unpaired) electrons. The number of rotatable bonds is 5. The fourth-order valence-corrected chi connectivity index (χ4v) is 2.70. The first kappa shape index (κ1) is 14.2. The van der Waals surface area contributed by atoms with Gasteiger partial charge in [-0.25, -0.2) is 9.97 Å².